The van der Waals surface area contributed by atoms with Gasteiger partial charge in [-0.05, 0) is 6.07 Å². The van der Waals surface area contributed by atoms with Crippen LogP contribution >= 0.6 is 0 Å². The minimum atomic E-state index is -0.198. The molecular formula is C10H9CaNO. The first-order valence-corrected chi connectivity index (χ1v) is 3.72. The number of nitrogens with zero attached hydrogens (tertiary/aromatic N) is 1. The molecule has 0 spiro atoms. The molecule has 0 amide bonds. The van der Waals surface area contributed by atoms with Gasteiger partial charge in [0.1, 0.15) is 0 Å². The van der Waals surface area contributed by atoms with E-state index in [0.29, 0.717) is 0 Å². The average molecular weight is 199 g/mol. The summed E-state index contributed by atoms with van der Waals surface area (Å²) in [6.07, 6.45) is 0. The van der Waals surface area contributed by atoms with Crippen molar-refractivity contribution in [3.8, 4) is 0 Å². The van der Waals surface area contributed by atoms with Gasteiger partial charge < -0.3 is 0 Å². The molecule has 62 valence electrons. The maximum absolute atomic E-state index is 11.0. The van der Waals surface area contributed by atoms with Crippen LogP contribution in [0.1, 0.15) is 0 Å². The van der Waals surface area contributed by atoms with E-state index in [4.69, 9.17) is 0 Å². The standard InChI is InChI=1S/C10H7NO.Ca.2H/c12-10-7-3-5-8-4-1-2-6-9(8)11-10;;;/h1-7H;;;. The van der Waals surface area contributed by atoms with Gasteiger partial charge in [0.25, 0.3) is 5.56 Å². The van der Waals surface area contributed by atoms with Crippen LogP contribution in [0.4, 0.5) is 0 Å². The second kappa shape index (κ2) is 4.70. The Labute approximate surface area is 106 Å². The molecule has 1 heterocycles. The molecule has 2 nitrogen and oxygen atoms in total. The first-order valence-electron chi connectivity index (χ1n) is 3.72. The summed E-state index contributed by atoms with van der Waals surface area (Å²) in [6.45, 7) is 0. The molecule has 0 aliphatic carbocycles. The molecule has 0 saturated carbocycles. The van der Waals surface area contributed by atoms with E-state index in [2.05, 4.69) is 4.98 Å². The van der Waals surface area contributed by atoms with Gasteiger partial charge in [0.2, 0.25) is 0 Å². The van der Waals surface area contributed by atoms with Crippen LogP contribution in [-0.2, 0) is 0 Å². The summed E-state index contributed by atoms with van der Waals surface area (Å²) >= 11 is 0. The Bertz CT molecular complexity index is 470. The molecule has 0 atom stereocenters. The molecule has 0 radical (unpaired) electrons. The number of hydrogen-bond acceptors (Lipinski definition) is 2. The second-order valence-corrected chi connectivity index (χ2v) is 2.53. The molecule has 1 aromatic carbocycles. The van der Waals surface area contributed by atoms with Gasteiger partial charge in [0.15, 0.2) is 0 Å². The summed E-state index contributed by atoms with van der Waals surface area (Å²) in [5.41, 5.74) is 0.545. The zero-order chi connectivity index (χ0) is 8.39. The van der Waals surface area contributed by atoms with E-state index in [1.807, 2.05) is 30.3 Å². The Morgan fingerprint density at radius 1 is 0.923 bits per heavy atom. The van der Waals surface area contributed by atoms with Crippen molar-refractivity contribution in [2.75, 3.05) is 0 Å². The first kappa shape index (κ1) is 10.6. The first-order chi connectivity index (χ1) is 5.86. The number of para-hydroxylation sites is 1. The topological polar surface area (TPSA) is 30.0 Å². The zero-order valence-electron chi connectivity index (χ0n) is 6.40. The van der Waals surface area contributed by atoms with Crippen LogP contribution in [0.5, 0.6) is 0 Å². The molecule has 0 fully saturated rings. The third kappa shape index (κ3) is 2.50. The zero-order valence-corrected chi connectivity index (χ0v) is 6.40. The van der Waals surface area contributed by atoms with Crippen molar-refractivity contribution in [3.63, 3.8) is 0 Å². The van der Waals surface area contributed by atoms with Crippen molar-refractivity contribution in [3.05, 3.63) is 52.8 Å². The number of rotatable bonds is 0. The van der Waals surface area contributed by atoms with Gasteiger partial charge in [-0.15, -0.1) is 0 Å². The number of aromatic nitrogens is 1. The fourth-order valence-electron chi connectivity index (χ4n) is 1.12. The van der Waals surface area contributed by atoms with Crippen LogP contribution < -0.4 is 5.56 Å². The average Bonchev–Trinajstić information content (AvgIpc) is 2.25. The van der Waals surface area contributed by atoms with E-state index in [1.165, 1.54) is 6.07 Å². The van der Waals surface area contributed by atoms with Crippen LogP contribution in [0.25, 0.3) is 10.9 Å². The summed E-state index contributed by atoms with van der Waals surface area (Å²) in [5, 5.41) is 0.986. The fraction of sp³-hybridized carbons (Fsp3) is 0. The van der Waals surface area contributed by atoms with E-state index >= 15 is 0 Å². The predicted molar refractivity (Wildman–Crippen MR) is 56.6 cm³/mol. The molecule has 0 N–H and O–H groups in total. The van der Waals surface area contributed by atoms with Crippen molar-refractivity contribution < 1.29 is 0 Å². The summed E-state index contributed by atoms with van der Waals surface area (Å²) in [5.74, 6) is 0. The van der Waals surface area contributed by atoms with E-state index in [0.717, 1.165) is 10.9 Å². The maximum atomic E-state index is 11.0. The van der Waals surface area contributed by atoms with Crippen molar-refractivity contribution in [1.29, 1.82) is 0 Å². The molecule has 0 bridgehead atoms. The third-order valence-electron chi connectivity index (χ3n) is 1.68. The number of fused-ring (bicyclic) bond motifs is 1. The van der Waals surface area contributed by atoms with Gasteiger partial charge in [-0.1, -0.05) is 30.3 Å². The molecular weight excluding hydrogens is 190 g/mol. The van der Waals surface area contributed by atoms with E-state index in [1.54, 1.807) is 6.07 Å². The van der Waals surface area contributed by atoms with Crippen molar-refractivity contribution in [1.82, 2.24) is 4.98 Å². The van der Waals surface area contributed by atoms with E-state index < -0.39 is 0 Å². The van der Waals surface area contributed by atoms with Gasteiger partial charge in [-0.2, -0.15) is 0 Å². The van der Waals surface area contributed by atoms with Crippen LogP contribution in [-0.4, -0.2) is 42.7 Å². The second-order valence-electron chi connectivity index (χ2n) is 2.53. The van der Waals surface area contributed by atoms with Crippen LogP contribution in [0.15, 0.2) is 47.3 Å². The van der Waals surface area contributed by atoms with Crippen LogP contribution in [0, 0.1) is 0 Å². The van der Waals surface area contributed by atoms with Gasteiger partial charge in [0.05, 0.1) is 5.52 Å². The molecule has 2 rings (SSSR count). The molecule has 1 aromatic heterocycles. The van der Waals surface area contributed by atoms with Gasteiger partial charge in [0, 0.05) is 11.5 Å². The van der Waals surface area contributed by atoms with Gasteiger partial charge >= 0.3 is 37.7 Å². The molecule has 3 heteroatoms. The van der Waals surface area contributed by atoms with Crippen LogP contribution in [0.2, 0.25) is 0 Å². The fourth-order valence-corrected chi connectivity index (χ4v) is 1.12. The molecule has 0 aliphatic rings. The quantitative estimate of drug-likeness (QED) is 0.584. The normalized spacial score (nSPS) is 9.23. The Balaban J connectivity index is 0.000000845. The molecule has 2 aromatic rings. The summed E-state index contributed by atoms with van der Waals surface area (Å²) in [4.78, 5) is 14.9. The summed E-state index contributed by atoms with van der Waals surface area (Å²) in [6, 6.07) is 12.6. The Hall–Kier alpha value is -0.440. The predicted octanol–water partition coefficient (Wildman–Crippen LogP) is 0.679. The molecule has 0 aliphatic heterocycles. The monoisotopic (exact) mass is 199 g/mol. The number of hydrogen-bond donors (Lipinski definition) is 0. The minimum absolute atomic E-state index is 0. The summed E-state index contributed by atoms with van der Waals surface area (Å²) in [7, 11) is 0. The summed E-state index contributed by atoms with van der Waals surface area (Å²) < 4.78 is 0. The molecule has 0 unspecified atom stereocenters. The van der Waals surface area contributed by atoms with Gasteiger partial charge in [-0.25, -0.2) is 4.98 Å². The Morgan fingerprint density at radius 3 is 2.46 bits per heavy atom. The molecule has 0 saturated heterocycles. The van der Waals surface area contributed by atoms with Crippen molar-refractivity contribution in [2.24, 2.45) is 0 Å². The third-order valence-corrected chi connectivity index (χ3v) is 1.68. The van der Waals surface area contributed by atoms with Crippen LogP contribution in [0.3, 0.4) is 0 Å². The Kier molecular flexibility index (Phi) is 3.85. The Morgan fingerprint density at radius 2 is 1.62 bits per heavy atom. The molecule has 13 heavy (non-hydrogen) atoms. The number of benzene rings is 1. The SMILES string of the molecule is O=c1cccc2ccccc2n1.[CaH2]. The van der Waals surface area contributed by atoms with Crippen molar-refractivity contribution >= 4 is 48.6 Å². The van der Waals surface area contributed by atoms with E-state index in [-0.39, 0.29) is 43.3 Å². The van der Waals surface area contributed by atoms with E-state index in [9.17, 15) is 4.79 Å². The van der Waals surface area contributed by atoms with Gasteiger partial charge in [-0.3, -0.25) is 4.79 Å². The van der Waals surface area contributed by atoms with Crippen molar-refractivity contribution in [2.45, 2.75) is 0 Å².